The summed E-state index contributed by atoms with van der Waals surface area (Å²) in [6.45, 7) is 3.42. The molecule has 0 saturated carbocycles. The monoisotopic (exact) mass is 344 g/mol. The molecule has 108 valence electrons. The Kier molecular flexibility index (Phi) is 6.69. The van der Waals surface area contributed by atoms with Crippen molar-refractivity contribution in [2.75, 3.05) is 23.6 Å². The number of nitrogens with one attached hydrogen (secondary N) is 2. The highest BCUT2D eigenvalue weighted by atomic mass is 35.5. The molecule has 1 aromatic carbocycles. The molecular weight excluding hydrogens is 331 g/mol. The fourth-order valence-electron chi connectivity index (χ4n) is 1.38. The van der Waals surface area contributed by atoms with Crippen LogP contribution in [0, 0.1) is 0 Å². The van der Waals surface area contributed by atoms with Crippen LogP contribution in [0.4, 0.5) is 5.69 Å². The third-order valence-corrected chi connectivity index (χ3v) is 4.68. The van der Waals surface area contributed by atoms with E-state index >= 15 is 0 Å². The van der Waals surface area contributed by atoms with Crippen LogP contribution in [-0.4, -0.2) is 27.3 Å². The largest absolute Gasteiger partial charge is 0.317 e. The standard InChI is InChI=1S/C11H15Cl3N2O2S/c1-2-15-4-3-5-19(17,18)16-11-7-9(13)8(12)6-10(11)14/h6-7,15-16H,2-5H2,1H3. The van der Waals surface area contributed by atoms with E-state index < -0.39 is 10.0 Å². The maximum Gasteiger partial charge on any atom is 0.232 e. The fourth-order valence-corrected chi connectivity index (χ4v) is 3.16. The minimum atomic E-state index is -3.44. The normalized spacial score (nSPS) is 11.6. The van der Waals surface area contributed by atoms with Gasteiger partial charge >= 0.3 is 0 Å². The number of anilines is 1. The van der Waals surface area contributed by atoms with Gasteiger partial charge in [-0.15, -0.1) is 0 Å². The van der Waals surface area contributed by atoms with Crippen molar-refractivity contribution in [1.82, 2.24) is 5.32 Å². The van der Waals surface area contributed by atoms with Crippen LogP contribution in [0.3, 0.4) is 0 Å². The second-order valence-corrected chi connectivity index (χ2v) is 6.94. The van der Waals surface area contributed by atoms with Crippen LogP contribution < -0.4 is 10.0 Å². The third-order valence-electron chi connectivity index (χ3n) is 2.29. The molecule has 1 aromatic rings. The van der Waals surface area contributed by atoms with Gasteiger partial charge in [-0.3, -0.25) is 4.72 Å². The van der Waals surface area contributed by atoms with Gasteiger partial charge in [-0.1, -0.05) is 41.7 Å². The molecule has 0 radical (unpaired) electrons. The van der Waals surface area contributed by atoms with E-state index in [1.54, 1.807) is 0 Å². The molecule has 0 aromatic heterocycles. The van der Waals surface area contributed by atoms with Crippen molar-refractivity contribution in [3.8, 4) is 0 Å². The van der Waals surface area contributed by atoms with Gasteiger partial charge in [0.05, 0.1) is 26.5 Å². The highest BCUT2D eigenvalue weighted by Crippen LogP contribution is 2.32. The van der Waals surface area contributed by atoms with E-state index in [4.69, 9.17) is 34.8 Å². The van der Waals surface area contributed by atoms with Gasteiger partial charge in [0.2, 0.25) is 10.0 Å². The van der Waals surface area contributed by atoms with Crippen molar-refractivity contribution in [1.29, 1.82) is 0 Å². The van der Waals surface area contributed by atoms with E-state index in [-0.39, 0.29) is 26.5 Å². The number of hydrogen-bond donors (Lipinski definition) is 2. The van der Waals surface area contributed by atoms with Crippen molar-refractivity contribution in [3.05, 3.63) is 27.2 Å². The number of halogens is 3. The Balaban J connectivity index is 2.70. The maximum atomic E-state index is 11.8. The lowest BCUT2D eigenvalue weighted by Gasteiger charge is -2.10. The summed E-state index contributed by atoms with van der Waals surface area (Å²) in [5, 5.41) is 3.79. The van der Waals surface area contributed by atoms with Gasteiger partial charge in [0.15, 0.2) is 0 Å². The van der Waals surface area contributed by atoms with Crippen LogP contribution in [0.5, 0.6) is 0 Å². The van der Waals surface area contributed by atoms with Crippen molar-refractivity contribution in [2.45, 2.75) is 13.3 Å². The zero-order valence-electron chi connectivity index (χ0n) is 10.3. The first kappa shape index (κ1) is 16.9. The van der Waals surface area contributed by atoms with Crippen molar-refractivity contribution in [3.63, 3.8) is 0 Å². The lowest BCUT2D eigenvalue weighted by atomic mass is 10.3. The topological polar surface area (TPSA) is 58.2 Å². The second kappa shape index (κ2) is 7.55. The number of rotatable bonds is 7. The molecule has 19 heavy (non-hydrogen) atoms. The summed E-state index contributed by atoms with van der Waals surface area (Å²) in [7, 11) is -3.44. The second-order valence-electron chi connectivity index (χ2n) is 3.87. The first-order valence-corrected chi connectivity index (χ1v) is 8.50. The van der Waals surface area contributed by atoms with Crippen LogP contribution in [0.25, 0.3) is 0 Å². The van der Waals surface area contributed by atoms with Crippen molar-refractivity contribution >= 4 is 50.5 Å². The maximum absolute atomic E-state index is 11.8. The molecular formula is C11H15Cl3N2O2S. The van der Waals surface area contributed by atoms with Crippen LogP contribution >= 0.6 is 34.8 Å². The van der Waals surface area contributed by atoms with Gasteiger partial charge in [-0.2, -0.15) is 0 Å². The molecule has 8 heteroatoms. The molecule has 0 amide bonds. The highest BCUT2D eigenvalue weighted by Gasteiger charge is 2.14. The average molecular weight is 346 g/mol. The quantitative estimate of drug-likeness (QED) is 0.588. The average Bonchev–Trinajstić information content (AvgIpc) is 2.31. The summed E-state index contributed by atoms with van der Waals surface area (Å²) in [4.78, 5) is 0. The molecule has 4 nitrogen and oxygen atoms in total. The Morgan fingerprint density at radius 2 is 1.74 bits per heavy atom. The molecule has 0 spiro atoms. The summed E-state index contributed by atoms with van der Waals surface area (Å²) in [6, 6.07) is 2.80. The zero-order valence-corrected chi connectivity index (χ0v) is 13.4. The SMILES string of the molecule is CCNCCCS(=O)(=O)Nc1cc(Cl)c(Cl)cc1Cl. The van der Waals surface area contributed by atoms with Crippen molar-refractivity contribution in [2.24, 2.45) is 0 Å². The van der Waals surface area contributed by atoms with E-state index in [0.717, 1.165) is 6.54 Å². The predicted octanol–water partition coefficient (Wildman–Crippen LogP) is 3.39. The molecule has 0 heterocycles. The minimum absolute atomic E-state index is 0.0105. The van der Waals surface area contributed by atoms with Gasteiger partial charge < -0.3 is 5.32 Å². The van der Waals surface area contributed by atoms with E-state index in [2.05, 4.69) is 10.0 Å². The van der Waals surface area contributed by atoms with Gasteiger partial charge in [-0.25, -0.2) is 8.42 Å². The summed E-state index contributed by atoms with van der Waals surface area (Å²) >= 11 is 17.5. The van der Waals surface area contributed by atoms with E-state index in [1.165, 1.54) is 12.1 Å². The van der Waals surface area contributed by atoms with Crippen LogP contribution in [-0.2, 0) is 10.0 Å². The third kappa shape index (κ3) is 5.75. The molecule has 2 N–H and O–H groups in total. The first-order chi connectivity index (χ1) is 8.85. The number of benzene rings is 1. The molecule has 0 saturated heterocycles. The molecule has 0 bridgehead atoms. The summed E-state index contributed by atoms with van der Waals surface area (Å²) in [5.41, 5.74) is 0.236. The molecule has 0 atom stereocenters. The Morgan fingerprint density at radius 3 is 2.37 bits per heavy atom. The Hall–Kier alpha value is -0.200. The molecule has 0 aliphatic carbocycles. The molecule has 0 aliphatic heterocycles. The molecule has 1 rings (SSSR count). The van der Waals surface area contributed by atoms with Crippen LogP contribution in [0.1, 0.15) is 13.3 Å². The lowest BCUT2D eigenvalue weighted by molar-refractivity contribution is 0.595. The van der Waals surface area contributed by atoms with Crippen molar-refractivity contribution < 1.29 is 8.42 Å². The van der Waals surface area contributed by atoms with Gasteiger partial charge in [-0.05, 0) is 31.6 Å². The summed E-state index contributed by atoms with van der Waals surface area (Å²) in [5.74, 6) is 0.0105. The predicted molar refractivity (Wildman–Crippen MR) is 82.0 cm³/mol. The highest BCUT2D eigenvalue weighted by molar-refractivity contribution is 7.92. The van der Waals surface area contributed by atoms with Crippen LogP contribution in [0.2, 0.25) is 15.1 Å². The number of sulfonamides is 1. The Morgan fingerprint density at radius 1 is 1.11 bits per heavy atom. The zero-order chi connectivity index (χ0) is 14.5. The summed E-state index contributed by atoms with van der Waals surface area (Å²) < 4.78 is 26.1. The van der Waals surface area contributed by atoms with E-state index in [9.17, 15) is 8.42 Å². The van der Waals surface area contributed by atoms with Gasteiger partial charge in [0.1, 0.15) is 0 Å². The smallest absolute Gasteiger partial charge is 0.232 e. The van der Waals surface area contributed by atoms with Crippen LogP contribution in [0.15, 0.2) is 12.1 Å². The van der Waals surface area contributed by atoms with E-state index in [0.29, 0.717) is 13.0 Å². The summed E-state index contributed by atoms with van der Waals surface area (Å²) in [6.07, 6.45) is 0.516. The Labute approximate surface area is 128 Å². The Bertz CT molecular complexity index is 535. The fraction of sp³-hybridized carbons (Fsp3) is 0.455. The van der Waals surface area contributed by atoms with Gasteiger partial charge in [0, 0.05) is 0 Å². The number of hydrogen-bond acceptors (Lipinski definition) is 3. The van der Waals surface area contributed by atoms with E-state index in [1.807, 2.05) is 6.92 Å². The first-order valence-electron chi connectivity index (χ1n) is 5.71. The molecule has 0 aliphatic rings. The molecule has 0 unspecified atom stereocenters. The van der Waals surface area contributed by atoms with Gasteiger partial charge in [0.25, 0.3) is 0 Å². The molecule has 0 fully saturated rings. The lowest BCUT2D eigenvalue weighted by Crippen LogP contribution is -2.22. The minimum Gasteiger partial charge on any atom is -0.317 e.